The van der Waals surface area contributed by atoms with Crippen LogP contribution in [0, 0.1) is 11.7 Å². The SMILES string of the molecule is CC(=O)N[C@H]1CC[C@H](COc2nc(Nc3cn(C4CC4)nc3Cl)ncc2F)CC1. The van der Waals surface area contributed by atoms with Crippen LogP contribution in [0.5, 0.6) is 5.88 Å². The maximum atomic E-state index is 14.1. The summed E-state index contributed by atoms with van der Waals surface area (Å²) in [4.78, 5) is 19.3. The number of ether oxygens (including phenoxy) is 1. The lowest BCUT2D eigenvalue weighted by Gasteiger charge is -2.28. The molecule has 4 rings (SSSR count). The van der Waals surface area contributed by atoms with E-state index in [1.54, 1.807) is 6.20 Å². The molecule has 2 N–H and O–H groups in total. The molecule has 0 aliphatic heterocycles. The Kier molecular flexibility index (Phi) is 5.84. The standard InChI is InChI=1S/C19H24ClFN6O2/c1-11(28)23-13-4-2-12(3-5-13)10-29-18-15(21)8-22-19(25-18)24-16-9-27(14-6-7-14)26-17(16)20/h8-9,12-14H,2-7,10H2,1H3,(H,23,28)(H,22,24,25)/t12-,13-. The number of anilines is 2. The van der Waals surface area contributed by atoms with Crippen LogP contribution in [0.3, 0.4) is 0 Å². The molecule has 2 saturated carbocycles. The minimum absolute atomic E-state index is 0.00411. The average molecular weight is 423 g/mol. The first-order valence-corrected chi connectivity index (χ1v) is 10.3. The first kappa shape index (κ1) is 19.9. The molecule has 2 aliphatic rings. The zero-order chi connectivity index (χ0) is 20.4. The zero-order valence-electron chi connectivity index (χ0n) is 16.2. The van der Waals surface area contributed by atoms with Crippen molar-refractivity contribution < 1.29 is 13.9 Å². The predicted octanol–water partition coefficient (Wildman–Crippen LogP) is 3.62. The number of hydrogen-bond acceptors (Lipinski definition) is 6. The molecule has 0 aromatic carbocycles. The highest BCUT2D eigenvalue weighted by Crippen LogP contribution is 2.36. The molecule has 1 amide bonds. The molecule has 0 saturated heterocycles. The molecule has 8 nitrogen and oxygen atoms in total. The minimum Gasteiger partial charge on any atom is -0.475 e. The normalized spacial score (nSPS) is 21.6. The van der Waals surface area contributed by atoms with Crippen LogP contribution in [0.15, 0.2) is 12.4 Å². The lowest BCUT2D eigenvalue weighted by molar-refractivity contribution is -0.119. The van der Waals surface area contributed by atoms with Gasteiger partial charge in [-0.2, -0.15) is 14.5 Å². The van der Waals surface area contributed by atoms with Gasteiger partial charge in [0.1, 0.15) is 0 Å². The molecule has 2 aromatic rings. The summed E-state index contributed by atoms with van der Waals surface area (Å²) in [6.45, 7) is 1.91. The number of hydrogen-bond donors (Lipinski definition) is 2. The van der Waals surface area contributed by atoms with Crippen LogP contribution in [0.25, 0.3) is 0 Å². The Bertz CT molecular complexity index is 880. The first-order valence-electron chi connectivity index (χ1n) is 9.92. The summed E-state index contributed by atoms with van der Waals surface area (Å²) in [6.07, 6.45) is 8.70. The average Bonchev–Trinajstić information content (AvgIpc) is 3.47. The van der Waals surface area contributed by atoms with Gasteiger partial charge in [-0.05, 0) is 44.4 Å². The van der Waals surface area contributed by atoms with Gasteiger partial charge < -0.3 is 15.4 Å². The molecule has 0 atom stereocenters. The molecule has 29 heavy (non-hydrogen) atoms. The molecule has 0 spiro atoms. The Morgan fingerprint density at radius 1 is 1.31 bits per heavy atom. The summed E-state index contributed by atoms with van der Waals surface area (Å²) in [5.41, 5.74) is 0.576. The summed E-state index contributed by atoms with van der Waals surface area (Å²) >= 11 is 6.16. The fraction of sp³-hybridized carbons (Fsp3) is 0.579. The summed E-state index contributed by atoms with van der Waals surface area (Å²) in [5, 5.41) is 10.5. The van der Waals surface area contributed by atoms with E-state index in [0.717, 1.165) is 44.7 Å². The summed E-state index contributed by atoms with van der Waals surface area (Å²) in [5.74, 6) is -0.194. The molecule has 2 fully saturated rings. The lowest BCUT2D eigenvalue weighted by atomic mass is 9.86. The number of halogens is 2. The van der Waals surface area contributed by atoms with E-state index < -0.39 is 5.82 Å². The first-order chi connectivity index (χ1) is 14.0. The number of carbonyl (C=O) groups is 1. The van der Waals surface area contributed by atoms with Gasteiger partial charge in [0.25, 0.3) is 5.88 Å². The van der Waals surface area contributed by atoms with E-state index in [2.05, 4.69) is 25.7 Å². The summed E-state index contributed by atoms with van der Waals surface area (Å²) in [7, 11) is 0. The third kappa shape index (κ3) is 5.14. The van der Waals surface area contributed by atoms with Crippen LogP contribution in [-0.2, 0) is 4.79 Å². The van der Waals surface area contributed by atoms with Crippen LogP contribution >= 0.6 is 11.6 Å². The highest BCUT2D eigenvalue weighted by Gasteiger charge is 2.26. The summed E-state index contributed by atoms with van der Waals surface area (Å²) in [6, 6.07) is 0.619. The van der Waals surface area contributed by atoms with Crippen molar-refractivity contribution in [3.8, 4) is 5.88 Å². The van der Waals surface area contributed by atoms with Gasteiger partial charge in [-0.3, -0.25) is 9.48 Å². The van der Waals surface area contributed by atoms with Gasteiger partial charge in [0.2, 0.25) is 17.7 Å². The molecular formula is C19H24ClFN6O2. The second-order valence-corrected chi connectivity index (χ2v) is 8.10. The maximum Gasteiger partial charge on any atom is 0.255 e. The second kappa shape index (κ2) is 8.52. The Hall–Kier alpha value is -2.42. The van der Waals surface area contributed by atoms with Crippen molar-refractivity contribution in [2.75, 3.05) is 11.9 Å². The van der Waals surface area contributed by atoms with Gasteiger partial charge in [0, 0.05) is 13.0 Å². The monoisotopic (exact) mass is 422 g/mol. The molecule has 10 heteroatoms. The second-order valence-electron chi connectivity index (χ2n) is 7.75. The number of amides is 1. The van der Waals surface area contributed by atoms with Crippen molar-refractivity contribution in [1.82, 2.24) is 25.1 Å². The van der Waals surface area contributed by atoms with Crippen molar-refractivity contribution in [3.63, 3.8) is 0 Å². The number of nitrogens with one attached hydrogen (secondary N) is 2. The van der Waals surface area contributed by atoms with E-state index >= 15 is 0 Å². The minimum atomic E-state index is -0.609. The molecule has 0 radical (unpaired) electrons. The van der Waals surface area contributed by atoms with Crippen molar-refractivity contribution in [2.24, 2.45) is 5.92 Å². The van der Waals surface area contributed by atoms with Gasteiger partial charge in [-0.1, -0.05) is 11.6 Å². The number of rotatable bonds is 7. The van der Waals surface area contributed by atoms with E-state index in [-0.39, 0.29) is 23.8 Å². The third-order valence-corrected chi connectivity index (χ3v) is 5.56. The van der Waals surface area contributed by atoms with E-state index in [9.17, 15) is 9.18 Å². The molecule has 2 aromatic heterocycles. The van der Waals surface area contributed by atoms with Crippen LogP contribution in [0.1, 0.15) is 51.5 Å². The third-order valence-electron chi connectivity index (χ3n) is 5.28. The van der Waals surface area contributed by atoms with Crippen LogP contribution < -0.4 is 15.4 Å². The fourth-order valence-corrected chi connectivity index (χ4v) is 3.75. The lowest BCUT2D eigenvalue weighted by Crippen LogP contribution is -2.37. The topological polar surface area (TPSA) is 94.0 Å². The molecule has 0 bridgehead atoms. The van der Waals surface area contributed by atoms with E-state index in [1.807, 2.05) is 4.68 Å². The quantitative estimate of drug-likeness (QED) is 0.707. The van der Waals surface area contributed by atoms with Gasteiger partial charge in [0.15, 0.2) is 5.15 Å². The van der Waals surface area contributed by atoms with Gasteiger partial charge in [0.05, 0.1) is 30.7 Å². The van der Waals surface area contributed by atoms with E-state index in [1.165, 1.54) is 6.92 Å². The molecule has 156 valence electrons. The van der Waals surface area contributed by atoms with Crippen LogP contribution in [-0.4, -0.2) is 38.3 Å². The number of carbonyl (C=O) groups excluding carboxylic acids is 1. The van der Waals surface area contributed by atoms with E-state index in [0.29, 0.717) is 29.4 Å². The maximum absolute atomic E-state index is 14.1. The Balaban J connectivity index is 1.33. The molecule has 2 heterocycles. The van der Waals surface area contributed by atoms with E-state index in [4.69, 9.17) is 16.3 Å². The van der Waals surface area contributed by atoms with Crippen molar-refractivity contribution in [1.29, 1.82) is 0 Å². The number of nitrogens with zero attached hydrogens (tertiary/aromatic N) is 4. The predicted molar refractivity (Wildman–Crippen MR) is 106 cm³/mol. The smallest absolute Gasteiger partial charge is 0.255 e. The van der Waals surface area contributed by atoms with Gasteiger partial charge >= 0.3 is 0 Å². The largest absolute Gasteiger partial charge is 0.475 e. The molecule has 2 aliphatic carbocycles. The zero-order valence-corrected chi connectivity index (χ0v) is 17.0. The highest BCUT2D eigenvalue weighted by atomic mass is 35.5. The van der Waals surface area contributed by atoms with Gasteiger partial charge in [-0.15, -0.1) is 0 Å². The Morgan fingerprint density at radius 3 is 2.76 bits per heavy atom. The highest BCUT2D eigenvalue weighted by molar-refractivity contribution is 6.32. The Morgan fingerprint density at radius 2 is 2.07 bits per heavy atom. The Labute approximate surface area is 173 Å². The fourth-order valence-electron chi connectivity index (χ4n) is 3.57. The number of aromatic nitrogens is 4. The van der Waals surface area contributed by atoms with Crippen molar-refractivity contribution in [3.05, 3.63) is 23.4 Å². The van der Waals surface area contributed by atoms with Crippen molar-refractivity contribution in [2.45, 2.75) is 57.5 Å². The van der Waals surface area contributed by atoms with Crippen molar-refractivity contribution >= 4 is 29.1 Å². The van der Waals surface area contributed by atoms with Crippen LogP contribution in [0.4, 0.5) is 16.0 Å². The molecule has 0 unspecified atom stereocenters. The molecular weight excluding hydrogens is 399 g/mol. The summed E-state index contributed by atoms with van der Waals surface area (Å²) < 4.78 is 21.6. The van der Waals surface area contributed by atoms with Crippen LogP contribution in [0.2, 0.25) is 5.15 Å². The van der Waals surface area contributed by atoms with Gasteiger partial charge in [-0.25, -0.2) is 4.98 Å².